The summed E-state index contributed by atoms with van der Waals surface area (Å²) in [6, 6.07) is 8.32. The fraction of sp³-hybridized carbons (Fsp3) is 0.526. The van der Waals surface area contributed by atoms with Crippen LogP contribution < -0.4 is 0 Å². The molecule has 0 amide bonds. The summed E-state index contributed by atoms with van der Waals surface area (Å²) >= 11 is 0. The van der Waals surface area contributed by atoms with Crippen LogP contribution in [0.1, 0.15) is 18.1 Å². The number of ketones is 1. The molecule has 6 aliphatic rings. The fourth-order valence-electron chi connectivity index (χ4n) is 7.76. The van der Waals surface area contributed by atoms with Gasteiger partial charge in [-0.1, -0.05) is 23.4 Å². The number of sulfone groups is 1. The number of rotatable bonds is 4. The van der Waals surface area contributed by atoms with Gasteiger partial charge in [0.15, 0.2) is 15.7 Å². The van der Waals surface area contributed by atoms with Gasteiger partial charge in [0.1, 0.15) is 11.5 Å². The Bertz CT molecular complexity index is 1090. The molecule has 8 atom stereocenters. The molecule has 0 spiro atoms. The number of carbonyl (C=O) groups excluding carboxylic acids is 1. The van der Waals surface area contributed by atoms with Gasteiger partial charge < -0.3 is 4.52 Å². The van der Waals surface area contributed by atoms with Gasteiger partial charge in [-0.2, -0.15) is 4.98 Å². The van der Waals surface area contributed by atoms with Crippen molar-refractivity contribution in [2.45, 2.75) is 22.5 Å². The summed E-state index contributed by atoms with van der Waals surface area (Å²) in [5, 5.41) is 3.97. The maximum atomic E-state index is 12.7. The van der Waals surface area contributed by atoms with Gasteiger partial charge in [-0.3, -0.25) is 4.79 Å². The zero-order chi connectivity index (χ0) is 17.4. The van der Waals surface area contributed by atoms with Crippen LogP contribution in [0.15, 0.2) is 39.8 Å². The van der Waals surface area contributed by atoms with E-state index < -0.39 is 9.84 Å². The van der Waals surface area contributed by atoms with Crippen molar-refractivity contribution in [1.29, 1.82) is 0 Å². The van der Waals surface area contributed by atoms with Gasteiger partial charge in [0.05, 0.1) is 10.3 Å². The van der Waals surface area contributed by atoms with E-state index in [1.165, 1.54) is 6.42 Å². The molecule has 0 saturated heterocycles. The molecule has 0 radical (unpaired) electrons. The van der Waals surface area contributed by atoms with E-state index in [2.05, 4.69) is 10.1 Å². The second-order valence-electron chi connectivity index (χ2n) is 8.62. The summed E-state index contributed by atoms with van der Waals surface area (Å²) in [6.07, 6.45) is 1.19. The number of benzene rings is 1. The van der Waals surface area contributed by atoms with E-state index in [-0.39, 0.29) is 33.7 Å². The first-order chi connectivity index (χ1) is 12.5. The number of Topliss-reactive ketones (excluding diaryl/α,β-unsaturated/α-hetero) is 1. The van der Waals surface area contributed by atoms with E-state index in [1.54, 1.807) is 30.3 Å². The molecule has 4 bridgehead atoms. The van der Waals surface area contributed by atoms with Crippen LogP contribution in [0.4, 0.5) is 0 Å². The monoisotopic (exact) mass is 368 g/mol. The minimum Gasteiger partial charge on any atom is -0.339 e. The third-order valence-corrected chi connectivity index (χ3v) is 9.75. The molecule has 1 heterocycles. The molecule has 6 saturated carbocycles. The molecule has 8 unspecified atom stereocenters. The average Bonchev–Trinajstić information content (AvgIpc) is 3.30. The second-order valence-corrected chi connectivity index (χ2v) is 10.6. The molecule has 6 nitrogen and oxygen atoms in total. The van der Waals surface area contributed by atoms with E-state index in [4.69, 9.17) is 4.52 Å². The van der Waals surface area contributed by atoms with Crippen LogP contribution in [0.3, 0.4) is 0 Å². The van der Waals surface area contributed by atoms with Gasteiger partial charge in [0, 0.05) is 11.8 Å². The first kappa shape index (κ1) is 14.1. The second kappa shape index (κ2) is 3.96. The van der Waals surface area contributed by atoms with Crippen molar-refractivity contribution in [3.8, 4) is 0 Å². The molecule has 6 fully saturated rings. The predicted octanol–water partition coefficient (Wildman–Crippen LogP) is 1.62. The molecule has 6 aliphatic carbocycles. The van der Waals surface area contributed by atoms with Gasteiger partial charge in [0.2, 0.25) is 5.89 Å². The third-order valence-electron chi connectivity index (χ3n) is 8.12. The van der Waals surface area contributed by atoms with Gasteiger partial charge in [-0.05, 0) is 48.1 Å². The highest BCUT2D eigenvalue weighted by atomic mass is 32.2. The van der Waals surface area contributed by atoms with E-state index in [0.717, 1.165) is 0 Å². The van der Waals surface area contributed by atoms with Gasteiger partial charge >= 0.3 is 0 Å². The molecule has 0 N–H and O–H groups in total. The average molecular weight is 368 g/mol. The maximum absolute atomic E-state index is 12.7. The van der Waals surface area contributed by atoms with Crippen molar-refractivity contribution >= 4 is 15.6 Å². The van der Waals surface area contributed by atoms with Crippen molar-refractivity contribution < 1.29 is 17.7 Å². The Morgan fingerprint density at radius 3 is 2.73 bits per heavy atom. The van der Waals surface area contributed by atoms with Crippen LogP contribution >= 0.6 is 0 Å². The summed E-state index contributed by atoms with van der Waals surface area (Å²) in [6.45, 7) is 0. The zero-order valence-corrected chi connectivity index (χ0v) is 14.6. The van der Waals surface area contributed by atoms with Crippen molar-refractivity contribution in [3.05, 3.63) is 42.0 Å². The highest BCUT2D eigenvalue weighted by molar-refractivity contribution is 7.90. The van der Waals surface area contributed by atoms with Gasteiger partial charge in [0.25, 0.3) is 0 Å². The first-order valence-electron chi connectivity index (χ1n) is 9.20. The molecule has 2 aromatic rings. The van der Waals surface area contributed by atoms with Crippen LogP contribution in [-0.4, -0.2) is 24.3 Å². The largest absolute Gasteiger partial charge is 0.339 e. The Morgan fingerprint density at radius 1 is 1.15 bits per heavy atom. The maximum Gasteiger partial charge on any atom is 0.234 e. The fourth-order valence-corrected chi connectivity index (χ4v) is 8.96. The molecular formula is C19H16N2O4S. The molecule has 1 aromatic carbocycles. The summed E-state index contributed by atoms with van der Waals surface area (Å²) in [5.41, 5.74) is -0.244. The Labute approximate surface area is 149 Å². The number of aromatic nitrogens is 2. The standard InChI is InChI=1S/C19H16N2O4S/c22-17-13-9-6-10-14-12(9)16(17)19(14,15(10)13)18-20-11(21-25-18)7-26(23,24)8-4-2-1-3-5-8/h1-5,9-10,12-16H,6-7H2. The van der Waals surface area contributed by atoms with Crippen molar-refractivity contribution in [2.75, 3.05) is 0 Å². The smallest absolute Gasteiger partial charge is 0.234 e. The molecule has 1 aromatic heterocycles. The van der Waals surface area contributed by atoms with Crippen molar-refractivity contribution in [3.63, 3.8) is 0 Å². The van der Waals surface area contributed by atoms with E-state index in [1.807, 2.05) is 0 Å². The number of hydrogen-bond donors (Lipinski definition) is 0. The topological polar surface area (TPSA) is 90.1 Å². The van der Waals surface area contributed by atoms with Crippen LogP contribution in [0, 0.1) is 41.4 Å². The Hall–Kier alpha value is -2.02. The summed E-state index contributed by atoms with van der Waals surface area (Å²) in [4.78, 5) is 17.4. The van der Waals surface area contributed by atoms with Gasteiger partial charge in [-0.25, -0.2) is 8.42 Å². The Kier molecular flexibility index (Phi) is 2.14. The lowest BCUT2D eigenvalue weighted by atomic mass is 9.32. The lowest BCUT2D eigenvalue weighted by Gasteiger charge is -2.69. The molecule has 132 valence electrons. The summed E-state index contributed by atoms with van der Waals surface area (Å²) in [5.74, 6) is 3.82. The minimum absolute atomic E-state index is 0.0604. The first-order valence-corrected chi connectivity index (χ1v) is 10.8. The quantitative estimate of drug-likeness (QED) is 0.815. The SMILES string of the molecule is O=C1C2C3CC4C2C2(c5nc(CS(=O)(=O)c6ccccc6)no5)C1C3C42. The minimum atomic E-state index is -3.51. The molecular weight excluding hydrogens is 352 g/mol. The summed E-state index contributed by atoms with van der Waals surface area (Å²) in [7, 11) is -3.51. The number of nitrogens with zero attached hydrogens (tertiary/aromatic N) is 2. The molecule has 8 rings (SSSR count). The van der Waals surface area contributed by atoms with Crippen LogP contribution in [0.25, 0.3) is 0 Å². The van der Waals surface area contributed by atoms with Crippen LogP contribution in [0.5, 0.6) is 0 Å². The van der Waals surface area contributed by atoms with Gasteiger partial charge in [-0.15, -0.1) is 0 Å². The Morgan fingerprint density at radius 2 is 1.96 bits per heavy atom. The molecule has 7 heteroatoms. The van der Waals surface area contributed by atoms with E-state index in [9.17, 15) is 13.2 Å². The van der Waals surface area contributed by atoms with Crippen LogP contribution in [0.2, 0.25) is 0 Å². The lowest BCUT2D eigenvalue weighted by Crippen LogP contribution is -2.73. The normalized spacial score (nSPS) is 45.8. The van der Waals surface area contributed by atoms with Crippen LogP contribution in [-0.2, 0) is 25.8 Å². The molecule has 0 aliphatic heterocycles. The highest BCUT2D eigenvalue weighted by Gasteiger charge is 2.95. The van der Waals surface area contributed by atoms with E-state index in [0.29, 0.717) is 41.3 Å². The number of carbonyl (C=O) groups is 1. The molecule has 26 heavy (non-hydrogen) atoms. The van der Waals surface area contributed by atoms with Crippen molar-refractivity contribution in [1.82, 2.24) is 10.1 Å². The number of hydrogen-bond acceptors (Lipinski definition) is 6. The summed E-state index contributed by atoms with van der Waals surface area (Å²) < 4.78 is 30.7. The van der Waals surface area contributed by atoms with E-state index >= 15 is 0 Å². The highest BCUT2D eigenvalue weighted by Crippen LogP contribution is 2.92. The third kappa shape index (κ3) is 1.19. The lowest BCUT2D eigenvalue weighted by molar-refractivity contribution is -0.214. The zero-order valence-electron chi connectivity index (χ0n) is 13.8. The predicted molar refractivity (Wildman–Crippen MR) is 87.4 cm³/mol. The Balaban J connectivity index is 1.24. The van der Waals surface area contributed by atoms with Crippen molar-refractivity contribution in [2.24, 2.45) is 41.4 Å².